The van der Waals surface area contributed by atoms with E-state index in [9.17, 15) is 9.59 Å². The number of halogens is 1. The predicted octanol–water partition coefficient (Wildman–Crippen LogP) is -0.780. The lowest BCUT2D eigenvalue weighted by atomic mass is 9.88. The highest BCUT2D eigenvalue weighted by atomic mass is 35.5. The van der Waals surface area contributed by atoms with Crippen molar-refractivity contribution in [3.8, 4) is 5.75 Å². The van der Waals surface area contributed by atoms with Crippen LogP contribution in [0.2, 0.25) is 0 Å². The number of rotatable bonds is 9. The van der Waals surface area contributed by atoms with Crippen molar-refractivity contribution in [1.82, 2.24) is 30.4 Å². The number of likely N-dealkylation sites (tertiary alicyclic amines) is 1. The summed E-state index contributed by atoms with van der Waals surface area (Å²) in [6.45, 7) is 2.76. The summed E-state index contributed by atoms with van der Waals surface area (Å²) in [6, 6.07) is 11.8. The first kappa shape index (κ1) is 32.1. The van der Waals surface area contributed by atoms with E-state index in [0.29, 0.717) is 52.0 Å². The Kier molecular flexibility index (Phi) is 9.48. The Balaban J connectivity index is 1.08. The van der Waals surface area contributed by atoms with Crippen LogP contribution in [-0.4, -0.2) is 76.2 Å². The number of aliphatic imine (C=N–C) groups is 1. The van der Waals surface area contributed by atoms with Gasteiger partial charge in [0.05, 0.1) is 6.54 Å². The van der Waals surface area contributed by atoms with Crippen LogP contribution in [0.5, 0.6) is 5.75 Å². The van der Waals surface area contributed by atoms with Crippen LogP contribution in [0.3, 0.4) is 0 Å². The number of hydrogen-bond acceptors (Lipinski definition) is 12. The Bertz CT molecular complexity index is 1750. The van der Waals surface area contributed by atoms with Crippen LogP contribution in [0, 0.1) is 0 Å². The first-order chi connectivity index (χ1) is 22.8. The molecule has 4 aliphatic rings. The number of aromatic nitrogens is 1. The molecule has 0 bridgehead atoms. The van der Waals surface area contributed by atoms with E-state index in [2.05, 4.69) is 52.3 Å². The molecule has 1 aliphatic carbocycles. The molecule has 2 fully saturated rings. The Morgan fingerprint density at radius 2 is 1.94 bits per heavy atom. The number of carbonyl (C=O) groups is 2. The van der Waals surface area contributed by atoms with Gasteiger partial charge in [0.15, 0.2) is 22.9 Å². The van der Waals surface area contributed by atoms with Crippen LogP contribution >= 0.6 is 11.6 Å². The molecule has 4 heterocycles. The SMILES string of the molecule is NN=NC1=C(Cl)N=C(C(=O)NC2NC3(CCN(C(=O)C4=c5ccn(CCOc6ccccc6)c5=CCC4)CC3)CN2N)C(N=NN)N1. The summed E-state index contributed by atoms with van der Waals surface area (Å²) < 4.78 is 8.03. The maximum absolute atomic E-state index is 13.8. The summed E-state index contributed by atoms with van der Waals surface area (Å²) in [7, 11) is 0. The largest absolute Gasteiger partial charge is 0.492 e. The van der Waals surface area contributed by atoms with Crippen molar-refractivity contribution in [2.45, 2.75) is 50.2 Å². The van der Waals surface area contributed by atoms with Crippen LogP contribution in [0.15, 0.2) is 79.2 Å². The molecule has 2 aromatic rings. The zero-order valence-electron chi connectivity index (χ0n) is 25.5. The smallest absolute Gasteiger partial charge is 0.272 e. The zero-order valence-corrected chi connectivity index (χ0v) is 26.3. The maximum atomic E-state index is 13.8. The van der Waals surface area contributed by atoms with E-state index >= 15 is 0 Å². The minimum Gasteiger partial charge on any atom is -0.492 e. The van der Waals surface area contributed by atoms with E-state index in [-0.39, 0.29) is 22.6 Å². The van der Waals surface area contributed by atoms with Crippen molar-refractivity contribution < 1.29 is 14.3 Å². The van der Waals surface area contributed by atoms with Gasteiger partial charge in [0.1, 0.15) is 18.6 Å². The molecule has 9 N–H and O–H groups in total. The second-order valence-corrected chi connectivity index (χ2v) is 11.9. The number of fused-ring (bicyclic) bond motifs is 1. The first-order valence-corrected chi connectivity index (χ1v) is 15.6. The number of carbonyl (C=O) groups excluding carboxylic acids is 2. The van der Waals surface area contributed by atoms with Gasteiger partial charge in [0.2, 0.25) is 5.91 Å². The second-order valence-electron chi connectivity index (χ2n) is 11.6. The van der Waals surface area contributed by atoms with E-state index in [4.69, 9.17) is 33.9 Å². The zero-order chi connectivity index (χ0) is 33.0. The number of para-hydroxylation sites is 1. The highest BCUT2D eigenvalue weighted by Crippen LogP contribution is 2.29. The fourth-order valence-electron chi connectivity index (χ4n) is 6.39. The topological polar surface area (TPSA) is 231 Å². The highest BCUT2D eigenvalue weighted by Gasteiger charge is 2.46. The maximum Gasteiger partial charge on any atom is 0.272 e. The molecule has 0 saturated carbocycles. The number of benzene rings is 1. The van der Waals surface area contributed by atoms with E-state index in [1.807, 2.05) is 47.5 Å². The minimum atomic E-state index is -1.08. The Hall–Kier alpha value is -4.84. The van der Waals surface area contributed by atoms with Gasteiger partial charge in [0, 0.05) is 47.5 Å². The molecule has 2 atom stereocenters. The molecule has 47 heavy (non-hydrogen) atoms. The van der Waals surface area contributed by atoms with Gasteiger partial charge in [-0.25, -0.2) is 10.0 Å². The third kappa shape index (κ3) is 6.83. The van der Waals surface area contributed by atoms with Crippen molar-refractivity contribution in [2.75, 3.05) is 26.2 Å². The summed E-state index contributed by atoms with van der Waals surface area (Å²) in [5, 5.41) is 26.3. The van der Waals surface area contributed by atoms with E-state index in [1.165, 1.54) is 5.01 Å². The number of nitrogens with one attached hydrogen (secondary N) is 3. The molecule has 6 rings (SSSR count). The van der Waals surface area contributed by atoms with Gasteiger partial charge in [-0.1, -0.05) is 46.3 Å². The molecule has 0 radical (unpaired) electrons. The second kappa shape index (κ2) is 13.9. The van der Waals surface area contributed by atoms with Crippen LogP contribution in [0.4, 0.5) is 0 Å². The summed E-state index contributed by atoms with van der Waals surface area (Å²) >= 11 is 6.14. The number of amides is 2. The van der Waals surface area contributed by atoms with Gasteiger partial charge in [0.25, 0.3) is 5.91 Å². The van der Waals surface area contributed by atoms with Gasteiger partial charge in [-0.05, 0) is 43.9 Å². The monoisotopic (exact) mass is 664 g/mol. The first-order valence-electron chi connectivity index (χ1n) is 15.2. The fraction of sp³-hybridized carbons (Fsp3) is 0.414. The number of nitrogens with two attached hydrogens (primary N) is 3. The molecular weight excluding hydrogens is 628 g/mol. The fourth-order valence-corrected chi connectivity index (χ4v) is 6.57. The molecule has 2 amide bonds. The molecular formula is C29H37ClN14O3. The van der Waals surface area contributed by atoms with E-state index < -0.39 is 23.9 Å². The third-order valence-corrected chi connectivity index (χ3v) is 8.98. The van der Waals surface area contributed by atoms with Gasteiger partial charge in [-0.2, -0.15) is 0 Å². The van der Waals surface area contributed by atoms with Gasteiger partial charge < -0.3 is 36.5 Å². The average Bonchev–Trinajstić information content (AvgIpc) is 3.62. The van der Waals surface area contributed by atoms with E-state index in [1.54, 1.807) is 0 Å². The van der Waals surface area contributed by atoms with Gasteiger partial charge in [-0.15, -0.1) is 10.2 Å². The average molecular weight is 665 g/mol. The van der Waals surface area contributed by atoms with Crippen molar-refractivity contribution in [2.24, 2.45) is 43.2 Å². The lowest BCUT2D eigenvalue weighted by Crippen LogP contribution is -2.59. The molecule has 17 nitrogen and oxygen atoms in total. The Morgan fingerprint density at radius 1 is 1.15 bits per heavy atom. The van der Waals surface area contributed by atoms with Crippen molar-refractivity contribution >= 4 is 40.8 Å². The number of piperidine rings is 1. The van der Waals surface area contributed by atoms with Gasteiger partial charge in [-0.3, -0.25) is 20.7 Å². The van der Waals surface area contributed by atoms with E-state index in [0.717, 1.165) is 28.3 Å². The van der Waals surface area contributed by atoms with Crippen LogP contribution in [0.1, 0.15) is 25.7 Å². The lowest BCUT2D eigenvalue weighted by Gasteiger charge is -2.39. The van der Waals surface area contributed by atoms with Crippen LogP contribution < -0.4 is 48.8 Å². The molecule has 3 aliphatic heterocycles. The lowest BCUT2D eigenvalue weighted by molar-refractivity contribution is -0.126. The van der Waals surface area contributed by atoms with Crippen molar-refractivity contribution in [3.63, 3.8) is 0 Å². The number of nitrogens with zero attached hydrogens (tertiary/aromatic N) is 8. The standard InChI is InChI=1S/C29H37ClN14O3/c30-23-25(39-41-32)35-24(38-40-31)22(34-23)26(45)36-28-37-29(17-44(28)33)10-13-43(14-11-29)27(46)20-7-4-8-21-19(20)9-12-42(21)15-16-47-18-5-2-1-3-6-18/h1-3,5-6,8-9,12,24,28,35,37H,4,7,10-11,13-17,33H2,(H2,31,38)(H2,32,39)(H,36,45). The highest BCUT2D eigenvalue weighted by molar-refractivity contribution is 6.43. The summed E-state index contributed by atoms with van der Waals surface area (Å²) in [5.74, 6) is 17.0. The van der Waals surface area contributed by atoms with Crippen molar-refractivity contribution in [1.29, 1.82) is 0 Å². The minimum absolute atomic E-state index is 0.00886. The predicted molar refractivity (Wildman–Crippen MR) is 173 cm³/mol. The number of hydrogen-bond donors (Lipinski definition) is 6. The Labute approximate surface area is 274 Å². The summed E-state index contributed by atoms with van der Waals surface area (Å²) in [6.07, 6.45) is 5.22. The number of hydrazine groups is 1. The normalized spacial score (nSPS) is 22.7. The molecule has 1 spiro atoms. The van der Waals surface area contributed by atoms with Gasteiger partial charge >= 0.3 is 0 Å². The van der Waals surface area contributed by atoms with Crippen molar-refractivity contribution in [3.05, 3.63) is 64.1 Å². The van der Waals surface area contributed by atoms with Crippen LogP contribution in [-0.2, 0) is 16.1 Å². The third-order valence-electron chi connectivity index (χ3n) is 8.72. The van der Waals surface area contributed by atoms with Crippen LogP contribution in [0.25, 0.3) is 11.6 Å². The molecule has 2 unspecified atom stereocenters. The summed E-state index contributed by atoms with van der Waals surface area (Å²) in [5.41, 5.74) is 0.327. The molecule has 248 valence electrons. The Morgan fingerprint density at radius 3 is 2.68 bits per heavy atom. The molecule has 18 heteroatoms. The quantitative estimate of drug-likeness (QED) is 0.0853. The molecule has 1 aromatic heterocycles. The summed E-state index contributed by atoms with van der Waals surface area (Å²) in [4.78, 5) is 33.0. The number of ether oxygens (including phenoxy) is 1. The molecule has 1 aromatic carbocycles. The molecule has 2 saturated heterocycles.